The lowest BCUT2D eigenvalue weighted by atomic mass is 9.94. The Morgan fingerprint density at radius 2 is 0.474 bits per heavy atom. The van der Waals surface area contributed by atoms with Crippen LogP contribution in [-0.4, -0.2) is 9.97 Å². The van der Waals surface area contributed by atoms with Crippen LogP contribution in [-0.2, 0) is 0 Å². The molecule has 0 aliphatic carbocycles. The van der Waals surface area contributed by atoms with E-state index in [4.69, 9.17) is 28.9 Å². The number of rotatable bonds is 12. The minimum absolute atomic E-state index is 0.255. The van der Waals surface area contributed by atoms with Crippen LogP contribution in [0.25, 0.3) is 55.5 Å². The number of aromatic nitrogens is 2. The lowest BCUT2D eigenvalue weighted by Crippen LogP contribution is -2.01. The van der Waals surface area contributed by atoms with Crippen molar-refractivity contribution in [2.75, 3.05) is 0 Å². The Hall–Kier alpha value is -7.52. The number of hydrogen-bond donors (Lipinski definition) is 0. The summed E-state index contributed by atoms with van der Waals surface area (Å²) >= 11 is 7.84. The molecule has 380 valence electrons. The molecule has 0 radical (unpaired) electrons. The molecule has 6 nitrogen and oxygen atoms in total. The Morgan fingerprint density at radius 3 is 0.684 bits per heavy atom. The van der Waals surface area contributed by atoms with E-state index in [-0.39, 0.29) is 11.8 Å². The summed E-state index contributed by atoms with van der Waals surface area (Å²) in [4.78, 5) is 10.4. The zero-order valence-corrected chi connectivity index (χ0v) is 48.3. The average molecular weight is 1130 g/mol. The Morgan fingerprint density at radius 1 is 0.276 bits per heavy atom. The van der Waals surface area contributed by atoms with E-state index in [2.05, 4.69) is 212 Å². The molecule has 2 heterocycles. The molecule has 0 aliphatic heterocycles. The SMILES string of the molecule is Cc1cc(C)c(-c2ccc(Oc3nc4c(Oc5ccc(-c6c(C)cc(C)cc6C)cc5)c(Br)c(Oc5ccc(-c6c(C)cc(C)cc6C)cc5)nc4c(Oc4ccc(-c5c(C)cc(C)cc5C)cc4)c3Br)cc2)c(C)c1. The molecule has 0 bridgehead atoms. The fourth-order valence-corrected chi connectivity index (χ4v) is 12.1. The van der Waals surface area contributed by atoms with Crippen LogP contribution in [0.2, 0.25) is 0 Å². The number of pyridine rings is 2. The summed E-state index contributed by atoms with van der Waals surface area (Å²) in [5.74, 6) is 3.58. The van der Waals surface area contributed by atoms with Gasteiger partial charge in [-0.15, -0.1) is 0 Å². The van der Waals surface area contributed by atoms with Crippen molar-refractivity contribution in [3.8, 4) is 90.8 Å². The number of halogens is 2. The molecular formula is C68H60Br2N2O4. The van der Waals surface area contributed by atoms with Crippen LogP contribution in [0.15, 0.2) is 155 Å². The van der Waals surface area contributed by atoms with E-state index in [1.807, 2.05) is 48.5 Å². The largest absolute Gasteiger partial charge is 0.454 e. The second-order valence-electron chi connectivity index (χ2n) is 20.4. The summed E-state index contributed by atoms with van der Waals surface area (Å²) in [5.41, 5.74) is 24.6. The first kappa shape index (κ1) is 51.9. The second-order valence-corrected chi connectivity index (χ2v) is 22.0. The maximum atomic E-state index is 6.97. The van der Waals surface area contributed by atoms with Crippen LogP contribution in [0, 0.1) is 83.1 Å². The van der Waals surface area contributed by atoms with Crippen LogP contribution in [0.4, 0.5) is 0 Å². The number of aryl methyl sites for hydroxylation is 12. The van der Waals surface area contributed by atoms with Crippen molar-refractivity contribution in [3.63, 3.8) is 0 Å². The van der Waals surface area contributed by atoms with Crippen molar-refractivity contribution in [1.82, 2.24) is 9.97 Å². The van der Waals surface area contributed by atoms with Gasteiger partial charge in [0.2, 0.25) is 11.8 Å². The van der Waals surface area contributed by atoms with Gasteiger partial charge in [0.1, 0.15) is 43.0 Å². The van der Waals surface area contributed by atoms with E-state index < -0.39 is 0 Å². The third-order valence-corrected chi connectivity index (χ3v) is 15.4. The van der Waals surface area contributed by atoms with Crippen molar-refractivity contribution < 1.29 is 18.9 Å². The number of fused-ring (bicyclic) bond motifs is 1. The first-order valence-corrected chi connectivity index (χ1v) is 27.1. The van der Waals surface area contributed by atoms with Gasteiger partial charge in [0.15, 0.2) is 11.5 Å². The summed E-state index contributed by atoms with van der Waals surface area (Å²) in [6.45, 7) is 25.8. The molecule has 0 atom stereocenters. The van der Waals surface area contributed by atoms with E-state index in [0.29, 0.717) is 54.5 Å². The molecule has 0 saturated heterocycles. The van der Waals surface area contributed by atoms with Gasteiger partial charge in [-0.25, -0.2) is 9.97 Å². The monoisotopic (exact) mass is 1130 g/mol. The smallest absolute Gasteiger partial charge is 0.238 e. The van der Waals surface area contributed by atoms with Crippen LogP contribution >= 0.6 is 31.9 Å². The van der Waals surface area contributed by atoms with E-state index in [0.717, 1.165) is 22.3 Å². The summed E-state index contributed by atoms with van der Waals surface area (Å²) in [6.07, 6.45) is 0. The Balaban J connectivity index is 1.12. The van der Waals surface area contributed by atoms with Crippen LogP contribution in [0.5, 0.6) is 46.3 Å². The van der Waals surface area contributed by atoms with Crippen molar-refractivity contribution in [3.05, 3.63) is 221 Å². The highest BCUT2D eigenvalue weighted by molar-refractivity contribution is 9.11. The maximum absolute atomic E-state index is 6.97. The Kier molecular flexibility index (Phi) is 14.5. The first-order valence-electron chi connectivity index (χ1n) is 25.6. The van der Waals surface area contributed by atoms with Crippen LogP contribution < -0.4 is 18.9 Å². The molecule has 0 unspecified atom stereocenters. The van der Waals surface area contributed by atoms with Gasteiger partial charge in [-0.1, -0.05) is 119 Å². The highest BCUT2D eigenvalue weighted by Gasteiger charge is 2.27. The highest BCUT2D eigenvalue weighted by Crippen LogP contribution is 2.50. The Bertz CT molecular complexity index is 3540. The quantitative estimate of drug-likeness (QED) is 0.121. The normalized spacial score (nSPS) is 11.3. The molecular weight excluding hydrogens is 1070 g/mol. The van der Waals surface area contributed by atoms with Gasteiger partial charge in [0.05, 0.1) is 0 Å². The number of ether oxygens (including phenoxy) is 4. The van der Waals surface area contributed by atoms with Crippen molar-refractivity contribution in [2.45, 2.75) is 83.1 Å². The average Bonchev–Trinajstić information content (AvgIpc) is 3.36. The molecule has 0 spiro atoms. The molecule has 10 aromatic rings. The van der Waals surface area contributed by atoms with Crippen molar-refractivity contribution in [2.24, 2.45) is 0 Å². The van der Waals surface area contributed by atoms with Crippen LogP contribution in [0.1, 0.15) is 66.8 Å². The molecule has 0 aliphatic rings. The van der Waals surface area contributed by atoms with Gasteiger partial charge in [-0.2, -0.15) is 0 Å². The fourth-order valence-electron chi connectivity index (χ4n) is 11.2. The minimum atomic E-state index is 0.255. The van der Waals surface area contributed by atoms with Gasteiger partial charge in [0, 0.05) is 0 Å². The highest BCUT2D eigenvalue weighted by atomic mass is 79.9. The zero-order valence-electron chi connectivity index (χ0n) is 45.1. The Labute approximate surface area is 464 Å². The summed E-state index contributed by atoms with van der Waals surface area (Å²) in [6, 6.07) is 50.2. The summed E-state index contributed by atoms with van der Waals surface area (Å²) in [7, 11) is 0. The molecule has 0 saturated carbocycles. The van der Waals surface area contributed by atoms with E-state index >= 15 is 0 Å². The van der Waals surface area contributed by atoms with Gasteiger partial charge >= 0.3 is 0 Å². The van der Waals surface area contributed by atoms with E-state index in [9.17, 15) is 0 Å². The lowest BCUT2D eigenvalue weighted by Gasteiger charge is -2.19. The predicted molar refractivity (Wildman–Crippen MR) is 320 cm³/mol. The molecule has 0 N–H and O–H groups in total. The molecule has 10 rings (SSSR count). The van der Waals surface area contributed by atoms with Gasteiger partial charge in [-0.05, 0) is 252 Å². The van der Waals surface area contributed by atoms with Crippen molar-refractivity contribution >= 4 is 42.9 Å². The maximum Gasteiger partial charge on any atom is 0.238 e. The van der Waals surface area contributed by atoms with Gasteiger partial charge in [0.25, 0.3) is 0 Å². The van der Waals surface area contributed by atoms with E-state index in [1.54, 1.807) is 0 Å². The number of benzene rings is 8. The topological polar surface area (TPSA) is 62.7 Å². The number of hydrogen-bond acceptors (Lipinski definition) is 6. The third-order valence-electron chi connectivity index (χ3n) is 14.0. The third kappa shape index (κ3) is 10.5. The second kappa shape index (κ2) is 21.2. The summed E-state index contributed by atoms with van der Waals surface area (Å²) in [5, 5.41) is 0. The summed E-state index contributed by atoms with van der Waals surface area (Å²) < 4.78 is 28.3. The first-order chi connectivity index (χ1) is 36.4. The zero-order chi connectivity index (χ0) is 53.7. The van der Waals surface area contributed by atoms with Crippen molar-refractivity contribution in [1.29, 1.82) is 0 Å². The van der Waals surface area contributed by atoms with Gasteiger partial charge < -0.3 is 18.9 Å². The molecule has 2 aromatic heterocycles. The number of nitrogens with zero attached hydrogens (tertiary/aromatic N) is 2. The van der Waals surface area contributed by atoms with Crippen LogP contribution in [0.3, 0.4) is 0 Å². The van der Waals surface area contributed by atoms with Gasteiger partial charge in [-0.3, -0.25) is 0 Å². The predicted octanol–water partition coefficient (Wildman–Crippen LogP) is 20.7. The minimum Gasteiger partial charge on any atom is -0.454 e. The van der Waals surface area contributed by atoms with E-state index in [1.165, 1.54) is 89.0 Å². The molecule has 0 fully saturated rings. The molecule has 8 heteroatoms. The fraction of sp³-hybridized carbons (Fsp3) is 0.176. The lowest BCUT2D eigenvalue weighted by molar-refractivity contribution is 0.432. The molecule has 8 aromatic carbocycles. The molecule has 0 amide bonds. The standard InChI is InChI=1S/C68H60Br2N2O4/c1-37-29-41(5)57(42(6)30-37)49-13-21-53(22-14-49)73-65-61(69)67(75-55-25-17-51(18-26-55)59-45(9)33-39(3)34-46(59)10)72-64-63(65)71-68(76-56-27-19-52(20-28-56)60-47(11)35-40(4)36-48(60)12)62(70)66(64)74-54-23-15-50(16-24-54)58-43(7)31-38(2)32-44(58)8/h13-36H,1-12H3. The molecule has 76 heavy (non-hydrogen) atoms.